The fourth-order valence-electron chi connectivity index (χ4n) is 3.40. The molecule has 152 valence electrons. The number of rotatable bonds is 6. The maximum atomic E-state index is 13.5. The lowest BCUT2D eigenvalue weighted by atomic mass is 10.2. The molecule has 0 atom stereocenters. The van der Waals surface area contributed by atoms with Gasteiger partial charge in [-0.25, -0.2) is 8.42 Å². The van der Waals surface area contributed by atoms with Crippen molar-refractivity contribution in [2.75, 3.05) is 5.32 Å². The van der Waals surface area contributed by atoms with Gasteiger partial charge in [-0.05, 0) is 57.0 Å². The third-order valence-corrected chi connectivity index (χ3v) is 7.02. The molecule has 0 saturated carbocycles. The second-order valence-electron chi connectivity index (χ2n) is 7.18. The molecule has 29 heavy (non-hydrogen) atoms. The van der Waals surface area contributed by atoms with Crippen LogP contribution in [0.5, 0.6) is 0 Å². The average Bonchev–Trinajstić information content (AvgIpc) is 2.94. The van der Waals surface area contributed by atoms with Crippen LogP contribution < -0.4 is 5.32 Å². The SMILES string of the molecule is CCCn1c(C)c(C)c(S(=O)(=O)c2ccc(C)cc2)c1NC(=O)c1ccccc1. The van der Waals surface area contributed by atoms with E-state index in [1.807, 2.05) is 31.4 Å². The first-order valence-corrected chi connectivity index (χ1v) is 11.1. The van der Waals surface area contributed by atoms with Gasteiger partial charge in [-0.15, -0.1) is 0 Å². The zero-order chi connectivity index (χ0) is 21.2. The van der Waals surface area contributed by atoms with Gasteiger partial charge in [0.1, 0.15) is 10.7 Å². The summed E-state index contributed by atoms with van der Waals surface area (Å²) < 4.78 is 28.9. The summed E-state index contributed by atoms with van der Waals surface area (Å²) in [6.07, 6.45) is 0.813. The Kier molecular flexibility index (Phi) is 5.94. The molecule has 2 aromatic carbocycles. The van der Waals surface area contributed by atoms with Crippen molar-refractivity contribution in [2.24, 2.45) is 0 Å². The normalized spacial score (nSPS) is 11.4. The Labute approximate surface area is 172 Å². The van der Waals surface area contributed by atoms with Crippen LogP contribution in [0.25, 0.3) is 0 Å². The van der Waals surface area contributed by atoms with E-state index < -0.39 is 9.84 Å². The molecule has 0 unspecified atom stereocenters. The molecule has 0 aliphatic rings. The molecule has 0 fully saturated rings. The van der Waals surface area contributed by atoms with Crippen LogP contribution >= 0.6 is 0 Å². The highest BCUT2D eigenvalue weighted by atomic mass is 32.2. The topological polar surface area (TPSA) is 68.2 Å². The first kappa shape index (κ1) is 20.9. The van der Waals surface area contributed by atoms with Crippen LogP contribution in [0.15, 0.2) is 64.4 Å². The Balaban J connectivity index is 2.17. The Morgan fingerprint density at radius 2 is 1.59 bits per heavy atom. The number of hydrogen-bond acceptors (Lipinski definition) is 3. The Hall–Kier alpha value is -2.86. The highest BCUT2D eigenvalue weighted by molar-refractivity contribution is 7.91. The van der Waals surface area contributed by atoms with E-state index in [1.165, 1.54) is 0 Å². The van der Waals surface area contributed by atoms with Gasteiger partial charge in [0.05, 0.1) is 4.90 Å². The maximum absolute atomic E-state index is 13.5. The second-order valence-corrected chi connectivity index (χ2v) is 9.06. The third-order valence-electron chi connectivity index (χ3n) is 5.09. The molecule has 0 bridgehead atoms. The number of hydrogen-bond donors (Lipinski definition) is 1. The molecule has 0 radical (unpaired) electrons. The van der Waals surface area contributed by atoms with E-state index in [0.29, 0.717) is 23.5 Å². The van der Waals surface area contributed by atoms with Crippen molar-refractivity contribution in [1.29, 1.82) is 0 Å². The maximum Gasteiger partial charge on any atom is 0.256 e. The van der Waals surface area contributed by atoms with Gasteiger partial charge in [-0.2, -0.15) is 0 Å². The predicted octanol–water partition coefficient (Wildman–Crippen LogP) is 4.91. The second kappa shape index (κ2) is 8.25. The van der Waals surface area contributed by atoms with Crippen molar-refractivity contribution >= 4 is 21.6 Å². The zero-order valence-corrected chi connectivity index (χ0v) is 18.0. The lowest BCUT2D eigenvalue weighted by molar-refractivity contribution is 0.102. The van der Waals surface area contributed by atoms with Gasteiger partial charge in [0, 0.05) is 17.8 Å². The minimum absolute atomic E-state index is 0.164. The summed E-state index contributed by atoms with van der Waals surface area (Å²) in [4.78, 5) is 13.2. The molecule has 1 amide bonds. The average molecular weight is 411 g/mol. The quantitative estimate of drug-likeness (QED) is 0.628. The lowest BCUT2D eigenvalue weighted by Crippen LogP contribution is -2.18. The summed E-state index contributed by atoms with van der Waals surface area (Å²) in [5.74, 6) is -0.00270. The number of carbonyl (C=O) groups is 1. The summed E-state index contributed by atoms with van der Waals surface area (Å²) in [5.41, 5.74) is 2.95. The fourth-order valence-corrected chi connectivity index (χ4v) is 5.09. The number of benzene rings is 2. The lowest BCUT2D eigenvalue weighted by Gasteiger charge is -2.14. The van der Waals surface area contributed by atoms with Gasteiger partial charge >= 0.3 is 0 Å². The molecule has 1 N–H and O–H groups in total. The number of nitrogens with zero attached hydrogens (tertiary/aromatic N) is 1. The van der Waals surface area contributed by atoms with Crippen molar-refractivity contribution in [3.8, 4) is 0 Å². The van der Waals surface area contributed by atoms with Crippen LogP contribution in [0.2, 0.25) is 0 Å². The number of carbonyl (C=O) groups excluding carboxylic acids is 1. The smallest absolute Gasteiger partial charge is 0.256 e. The van der Waals surface area contributed by atoms with Crippen LogP contribution in [0.4, 0.5) is 5.82 Å². The minimum Gasteiger partial charge on any atom is -0.331 e. The van der Waals surface area contributed by atoms with Crippen molar-refractivity contribution in [3.63, 3.8) is 0 Å². The van der Waals surface area contributed by atoms with Crippen LogP contribution in [0.1, 0.15) is 40.5 Å². The summed E-state index contributed by atoms with van der Waals surface area (Å²) >= 11 is 0. The van der Waals surface area contributed by atoms with E-state index >= 15 is 0 Å². The van der Waals surface area contributed by atoms with Gasteiger partial charge in [-0.1, -0.05) is 42.8 Å². The van der Waals surface area contributed by atoms with Gasteiger partial charge < -0.3 is 9.88 Å². The molecule has 3 aromatic rings. The minimum atomic E-state index is -3.80. The van der Waals surface area contributed by atoms with Crippen LogP contribution in [0, 0.1) is 20.8 Å². The standard InChI is InChI=1S/C23H26N2O3S/c1-5-15-25-18(4)17(3)21(29(27,28)20-13-11-16(2)12-14-20)22(25)24-23(26)19-9-7-6-8-10-19/h6-14H,5,15H2,1-4H3,(H,24,26). The Morgan fingerprint density at radius 1 is 0.966 bits per heavy atom. The van der Waals surface area contributed by atoms with E-state index in [9.17, 15) is 13.2 Å². The van der Waals surface area contributed by atoms with E-state index in [-0.39, 0.29) is 15.7 Å². The molecule has 0 aliphatic heterocycles. The van der Waals surface area contributed by atoms with Crippen molar-refractivity contribution in [2.45, 2.75) is 50.5 Å². The highest BCUT2D eigenvalue weighted by Gasteiger charge is 2.30. The van der Waals surface area contributed by atoms with Crippen molar-refractivity contribution in [3.05, 3.63) is 77.0 Å². The fraction of sp³-hybridized carbons (Fsp3) is 0.261. The summed E-state index contributed by atoms with van der Waals surface area (Å²) in [5, 5.41) is 2.87. The molecular weight excluding hydrogens is 384 g/mol. The highest BCUT2D eigenvalue weighted by Crippen LogP contribution is 2.35. The molecule has 1 heterocycles. The van der Waals surface area contributed by atoms with E-state index in [0.717, 1.165) is 17.7 Å². The van der Waals surface area contributed by atoms with E-state index in [4.69, 9.17) is 0 Å². The van der Waals surface area contributed by atoms with Gasteiger partial charge in [0.25, 0.3) is 5.91 Å². The number of sulfone groups is 1. The number of aromatic nitrogens is 1. The Bertz CT molecular complexity index is 1130. The summed E-state index contributed by atoms with van der Waals surface area (Å²) in [7, 11) is -3.80. The molecule has 0 saturated heterocycles. The molecule has 5 nitrogen and oxygen atoms in total. The van der Waals surface area contributed by atoms with E-state index in [2.05, 4.69) is 5.32 Å². The molecule has 0 aliphatic carbocycles. The first-order valence-electron chi connectivity index (χ1n) is 9.65. The number of amides is 1. The molecule has 6 heteroatoms. The zero-order valence-electron chi connectivity index (χ0n) is 17.2. The third kappa shape index (κ3) is 3.98. The molecule has 0 spiro atoms. The number of anilines is 1. The Morgan fingerprint density at radius 3 is 2.17 bits per heavy atom. The first-order chi connectivity index (χ1) is 13.8. The van der Waals surface area contributed by atoms with Gasteiger partial charge in [0.15, 0.2) is 0 Å². The van der Waals surface area contributed by atoms with Crippen molar-refractivity contribution < 1.29 is 13.2 Å². The largest absolute Gasteiger partial charge is 0.331 e. The van der Waals surface area contributed by atoms with E-state index in [1.54, 1.807) is 55.5 Å². The van der Waals surface area contributed by atoms with Crippen LogP contribution in [-0.2, 0) is 16.4 Å². The number of aryl methyl sites for hydroxylation is 1. The monoisotopic (exact) mass is 410 g/mol. The summed E-state index contributed by atoms with van der Waals surface area (Å²) in [6.45, 7) is 8.22. The number of nitrogens with one attached hydrogen (secondary N) is 1. The molecular formula is C23H26N2O3S. The molecule has 3 rings (SSSR count). The van der Waals surface area contributed by atoms with Crippen LogP contribution in [-0.4, -0.2) is 18.9 Å². The predicted molar refractivity (Wildman–Crippen MR) is 115 cm³/mol. The van der Waals surface area contributed by atoms with Gasteiger partial charge in [-0.3, -0.25) is 4.79 Å². The molecule has 1 aromatic heterocycles. The van der Waals surface area contributed by atoms with Crippen molar-refractivity contribution in [1.82, 2.24) is 4.57 Å². The summed E-state index contributed by atoms with van der Waals surface area (Å²) in [6, 6.07) is 15.6. The van der Waals surface area contributed by atoms with Crippen LogP contribution in [0.3, 0.4) is 0 Å². The van der Waals surface area contributed by atoms with Gasteiger partial charge in [0.2, 0.25) is 9.84 Å².